The van der Waals surface area contributed by atoms with Gasteiger partial charge in [0, 0.05) is 32.2 Å². The largest absolute Gasteiger partial charge is 0.439 e. The van der Waals surface area contributed by atoms with E-state index in [0.717, 1.165) is 44.3 Å². The molecule has 1 fully saturated rings. The fourth-order valence-corrected chi connectivity index (χ4v) is 2.65. The van der Waals surface area contributed by atoms with E-state index in [-0.39, 0.29) is 0 Å². The van der Waals surface area contributed by atoms with Crippen LogP contribution in [0.1, 0.15) is 12.5 Å². The second kappa shape index (κ2) is 6.75. The Balaban J connectivity index is 1.70. The van der Waals surface area contributed by atoms with Gasteiger partial charge in [0.25, 0.3) is 0 Å². The van der Waals surface area contributed by atoms with Crippen molar-refractivity contribution >= 4 is 5.82 Å². The summed E-state index contributed by atoms with van der Waals surface area (Å²) < 4.78 is 5.84. The van der Waals surface area contributed by atoms with E-state index >= 15 is 0 Å². The van der Waals surface area contributed by atoms with E-state index in [2.05, 4.69) is 26.7 Å². The van der Waals surface area contributed by atoms with Crippen LogP contribution < -0.4 is 9.64 Å². The van der Waals surface area contributed by atoms with Gasteiger partial charge in [0.2, 0.25) is 5.88 Å². The van der Waals surface area contributed by atoms with Crippen molar-refractivity contribution in [3.05, 3.63) is 42.2 Å². The molecule has 0 N–H and O–H groups in total. The molecule has 0 atom stereocenters. The number of hydrogen-bond donors (Lipinski definition) is 0. The quantitative estimate of drug-likeness (QED) is 0.868. The third-order valence-corrected chi connectivity index (χ3v) is 3.98. The van der Waals surface area contributed by atoms with E-state index in [0.29, 0.717) is 5.88 Å². The Morgan fingerprint density at radius 1 is 1.09 bits per heavy atom. The molecule has 2 aromatic rings. The van der Waals surface area contributed by atoms with Gasteiger partial charge in [-0.25, -0.2) is 9.97 Å². The Morgan fingerprint density at radius 2 is 1.91 bits per heavy atom. The first kappa shape index (κ1) is 14.8. The number of aryl methyl sites for hydroxylation is 1. The first-order chi connectivity index (χ1) is 10.7. The van der Waals surface area contributed by atoms with Gasteiger partial charge >= 0.3 is 0 Å². The van der Waals surface area contributed by atoms with Crippen molar-refractivity contribution in [2.24, 2.45) is 0 Å². The van der Waals surface area contributed by atoms with Crippen molar-refractivity contribution in [2.45, 2.75) is 13.8 Å². The van der Waals surface area contributed by atoms with Crippen molar-refractivity contribution in [1.82, 2.24) is 14.9 Å². The number of anilines is 1. The first-order valence-corrected chi connectivity index (χ1v) is 7.78. The number of piperazine rings is 1. The van der Waals surface area contributed by atoms with Crippen molar-refractivity contribution in [1.29, 1.82) is 0 Å². The van der Waals surface area contributed by atoms with Crippen LogP contribution in [-0.4, -0.2) is 47.6 Å². The van der Waals surface area contributed by atoms with Crippen molar-refractivity contribution in [3.8, 4) is 11.6 Å². The van der Waals surface area contributed by atoms with Gasteiger partial charge < -0.3 is 14.5 Å². The van der Waals surface area contributed by atoms with Gasteiger partial charge in [-0.2, -0.15) is 0 Å². The molecular formula is C17H22N4O. The zero-order chi connectivity index (χ0) is 15.4. The topological polar surface area (TPSA) is 41.5 Å². The molecule has 1 aromatic carbocycles. The summed E-state index contributed by atoms with van der Waals surface area (Å²) in [7, 11) is 0. The summed E-state index contributed by atoms with van der Waals surface area (Å²) >= 11 is 0. The summed E-state index contributed by atoms with van der Waals surface area (Å²) in [4.78, 5) is 13.3. The van der Waals surface area contributed by atoms with Crippen LogP contribution in [0, 0.1) is 6.92 Å². The number of ether oxygens (including phenoxy) is 1. The Morgan fingerprint density at radius 3 is 2.64 bits per heavy atom. The lowest BCUT2D eigenvalue weighted by molar-refractivity contribution is 0.270. The fraction of sp³-hybridized carbons (Fsp3) is 0.412. The molecule has 0 radical (unpaired) electrons. The molecule has 1 aliphatic heterocycles. The molecule has 116 valence electrons. The lowest BCUT2D eigenvalue weighted by atomic mass is 10.2. The SMILES string of the molecule is CCN1CCN(c2cc(Oc3cccc(C)c3)ncn2)CC1. The maximum Gasteiger partial charge on any atom is 0.224 e. The summed E-state index contributed by atoms with van der Waals surface area (Å²) in [5.41, 5.74) is 1.17. The molecule has 1 aliphatic rings. The summed E-state index contributed by atoms with van der Waals surface area (Å²) in [6.45, 7) is 9.51. The average Bonchev–Trinajstić information content (AvgIpc) is 2.55. The molecule has 0 spiro atoms. The van der Waals surface area contributed by atoms with Gasteiger partial charge in [-0.3, -0.25) is 0 Å². The van der Waals surface area contributed by atoms with E-state index in [1.54, 1.807) is 6.33 Å². The van der Waals surface area contributed by atoms with Gasteiger partial charge in [0.05, 0.1) is 0 Å². The van der Waals surface area contributed by atoms with Crippen LogP contribution >= 0.6 is 0 Å². The highest BCUT2D eigenvalue weighted by Crippen LogP contribution is 2.23. The molecule has 1 saturated heterocycles. The van der Waals surface area contributed by atoms with Gasteiger partial charge in [0.15, 0.2) is 0 Å². The molecule has 1 aromatic heterocycles. The average molecular weight is 298 g/mol. The highest BCUT2D eigenvalue weighted by molar-refractivity contribution is 5.42. The molecule has 0 saturated carbocycles. The summed E-state index contributed by atoms with van der Waals surface area (Å²) in [5, 5.41) is 0. The number of benzene rings is 1. The van der Waals surface area contributed by atoms with Gasteiger partial charge in [-0.15, -0.1) is 0 Å². The zero-order valence-electron chi connectivity index (χ0n) is 13.2. The minimum absolute atomic E-state index is 0.591. The monoisotopic (exact) mass is 298 g/mol. The fourth-order valence-electron chi connectivity index (χ4n) is 2.65. The third kappa shape index (κ3) is 3.54. The predicted octanol–water partition coefficient (Wildman–Crippen LogP) is 2.72. The number of hydrogen-bond acceptors (Lipinski definition) is 5. The molecule has 0 bridgehead atoms. The molecule has 0 aliphatic carbocycles. The second-order valence-corrected chi connectivity index (χ2v) is 5.55. The molecule has 0 unspecified atom stereocenters. The normalized spacial score (nSPS) is 15.8. The Kier molecular flexibility index (Phi) is 4.53. The minimum Gasteiger partial charge on any atom is -0.439 e. The molecule has 0 amide bonds. The van der Waals surface area contributed by atoms with Crippen LogP contribution in [0.5, 0.6) is 11.6 Å². The van der Waals surface area contributed by atoms with E-state index in [4.69, 9.17) is 4.74 Å². The van der Waals surface area contributed by atoms with Crippen LogP contribution in [0.2, 0.25) is 0 Å². The Hall–Kier alpha value is -2.14. The molecule has 3 rings (SSSR count). The standard InChI is InChI=1S/C17H22N4O/c1-3-20-7-9-21(10-8-20)16-12-17(19-13-18-16)22-15-6-4-5-14(2)11-15/h4-6,11-13H,3,7-10H2,1-2H3. The molecule has 2 heterocycles. The van der Waals surface area contributed by atoms with E-state index in [1.165, 1.54) is 5.56 Å². The lowest BCUT2D eigenvalue weighted by Crippen LogP contribution is -2.46. The van der Waals surface area contributed by atoms with Gasteiger partial charge in [-0.1, -0.05) is 19.1 Å². The smallest absolute Gasteiger partial charge is 0.224 e. The van der Waals surface area contributed by atoms with Crippen molar-refractivity contribution in [3.63, 3.8) is 0 Å². The van der Waals surface area contributed by atoms with Gasteiger partial charge in [-0.05, 0) is 31.2 Å². The highest BCUT2D eigenvalue weighted by Gasteiger charge is 2.17. The van der Waals surface area contributed by atoms with Crippen LogP contribution in [0.4, 0.5) is 5.82 Å². The number of likely N-dealkylation sites (N-methyl/N-ethyl adjacent to an activating group) is 1. The van der Waals surface area contributed by atoms with E-state index < -0.39 is 0 Å². The highest BCUT2D eigenvalue weighted by atomic mass is 16.5. The number of nitrogens with zero attached hydrogens (tertiary/aromatic N) is 4. The van der Waals surface area contributed by atoms with Crippen LogP contribution in [-0.2, 0) is 0 Å². The lowest BCUT2D eigenvalue weighted by Gasteiger charge is -2.34. The minimum atomic E-state index is 0.591. The zero-order valence-corrected chi connectivity index (χ0v) is 13.2. The van der Waals surface area contributed by atoms with Crippen molar-refractivity contribution < 1.29 is 4.74 Å². The summed E-state index contributed by atoms with van der Waals surface area (Å²) in [5.74, 6) is 2.34. The molecule has 22 heavy (non-hydrogen) atoms. The maximum absolute atomic E-state index is 5.84. The van der Waals surface area contributed by atoms with Crippen LogP contribution in [0.25, 0.3) is 0 Å². The number of rotatable bonds is 4. The molecule has 5 heteroatoms. The molecule has 5 nitrogen and oxygen atoms in total. The summed E-state index contributed by atoms with van der Waals surface area (Å²) in [6.07, 6.45) is 1.58. The maximum atomic E-state index is 5.84. The van der Waals surface area contributed by atoms with E-state index in [9.17, 15) is 0 Å². The van der Waals surface area contributed by atoms with Gasteiger partial charge in [0.1, 0.15) is 17.9 Å². The van der Waals surface area contributed by atoms with Crippen LogP contribution in [0.3, 0.4) is 0 Å². The number of aromatic nitrogens is 2. The third-order valence-electron chi connectivity index (χ3n) is 3.98. The first-order valence-electron chi connectivity index (χ1n) is 7.78. The molecular weight excluding hydrogens is 276 g/mol. The Labute approximate surface area is 131 Å². The predicted molar refractivity (Wildman–Crippen MR) is 87.6 cm³/mol. The van der Waals surface area contributed by atoms with Crippen molar-refractivity contribution in [2.75, 3.05) is 37.6 Å². The van der Waals surface area contributed by atoms with E-state index in [1.807, 2.05) is 37.3 Å². The summed E-state index contributed by atoms with van der Waals surface area (Å²) in [6, 6.07) is 9.89. The second-order valence-electron chi connectivity index (χ2n) is 5.55. The van der Waals surface area contributed by atoms with Crippen LogP contribution in [0.15, 0.2) is 36.7 Å². The Bertz CT molecular complexity index is 624.